The van der Waals surface area contributed by atoms with Crippen LogP contribution in [0.15, 0.2) is 251 Å². The van der Waals surface area contributed by atoms with Crippen LogP contribution in [0.4, 0.5) is 0 Å². The summed E-state index contributed by atoms with van der Waals surface area (Å²) in [6.07, 6.45) is 37.9. The maximum atomic E-state index is 5.35. The van der Waals surface area contributed by atoms with Gasteiger partial charge >= 0.3 is 0 Å². The molecule has 0 unspecified atom stereocenters. The second kappa shape index (κ2) is 30.3. The molecule has 0 fully saturated rings. The van der Waals surface area contributed by atoms with Crippen molar-refractivity contribution in [2.45, 2.75) is 40.5 Å². The number of pyridine rings is 1. The van der Waals surface area contributed by atoms with Crippen LogP contribution >= 0.6 is 0 Å². The van der Waals surface area contributed by atoms with Crippen molar-refractivity contribution in [1.82, 2.24) is 14.5 Å². The fourth-order valence-corrected chi connectivity index (χ4v) is 8.28. The van der Waals surface area contributed by atoms with Gasteiger partial charge in [0.05, 0.1) is 22.4 Å². The minimum atomic E-state index is 0.855. The number of hydrogen-bond acceptors (Lipinski definition) is 2. The summed E-state index contributed by atoms with van der Waals surface area (Å²) in [7, 11) is 0. The molecule has 1 aliphatic heterocycles. The molecule has 7 aromatic rings. The molecule has 5 aromatic carbocycles. The van der Waals surface area contributed by atoms with E-state index in [9.17, 15) is 0 Å². The predicted octanol–water partition coefficient (Wildman–Crippen LogP) is 18.4. The first kappa shape index (κ1) is 55.3. The van der Waals surface area contributed by atoms with Crippen LogP contribution in [0.1, 0.15) is 50.3 Å². The predicted molar refractivity (Wildman–Crippen MR) is 317 cm³/mol. The van der Waals surface area contributed by atoms with Crippen molar-refractivity contribution < 1.29 is 0 Å². The molecule has 0 amide bonds. The lowest BCUT2D eigenvalue weighted by Crippen LogP contribution is -2.26. The van der Waals surface area contributed by atoms with Crippen LogP contribution in [0.5, 0.6) is 0 Å². The van der Waals surface area contributed by atoms with E-state index >= 15 is 0 Å². The summed E-state index contributed by atoms with van der Waals surface area (Å²) in [6, 6.07) is 47.5. The van der Waals surface area contributed by atoms with Gasteiger partial charge in [0.15, 0.2) is 0 Å². The van der Waals surface area contributed by atoms with Gasteiger partial charge in [0.2, 0.25) is 0 Å². The molecule has 3 heterocycles. The number of allylic oxidation sites excluding steroid dienone is 12. The first-order valence-electron chi connectivity index (χ1n) is 24.1. The van der Waals surface area contributed by atoms with Crippen molar-refractivity contribution in [3.05, 3.63) is 268 Å². The van der Waals surface area contributed by atoms with Crippen molar-refractivity contribution >= 4 is 39.2 Å². The Labute approximate surface area is 426 Å². The van der Waals surface area contributed by atoms with E-state index in [1.165, 1.54) is 38.5 Å². The van der Waals surface area contributed by atoms with Crippen molar-refractivity contribution in [2.75, 3.05) is 19.6 Å². The number of aromatic nitrogens is 2. The van der Waals surface area contributed by atoms with Gasteiger partial charge < -0.3 is 4.57 Å². The number of hydrogen-bond donors (Lipinski definition) is 0. The Bertz CT molecular complexity index is 3060. The third kappa shape index (κ3) is 15.4. The SMILES string of the molecule is C#C.C/C=C\C.C=C.C=C.C=C/C(=C\C=C\n1c2ccccc2c2c(C)cccc21)c1cccc(-c2cc(-c3ccccc3)cc(-c3cccc(C(/C=C\CN4C/C=C\C=C/CCC(=C)C4)=C/C)c3)n2)c1. The maximum Gasteiger partial charge on any atom is 0.0715 e. The number of terminal acetylenes is 1. The highest BCUT2D eigenvalue weighted by Crippen LogP contribution is 2.34. The van der Waals surface area contributed by atoms with Gasteiger partial charge in [-0.2, -0.15) is 0 Å². The lowest BCUT2D eigenvalue weighted by Gasteiger charge is -2.20. The molecule has 0 bridgehead atoms. The summed E-state index contributed by atoms with van der Waals surface area (Å²) < 4.78 is 2.28. The molecular formula is C68H71N3. The Morgan fingerprint density at radius 1 is 0.662 bits per heavy atom. The maximum absolute atomic E-state index is 5.35. The molecule has 0 radical (unpaired) electrons. The van der Waals surface area contributed by atoms with E-state index in [0.717, 1.165) is 82.8 Å². The first-order valence-corrected chi connectivity index (χ1v) is 24.1. The number of para-hydroxylation sites is 1. The van der Waals surface area contributed by atoms with Gasteiger partial charge in [0, 0.05) is 47.7 Å². The van der Waals surface area contributed by atoms with E-state index in [1.807, 2.05) is 32.1 Å². The molecule has 0 atom stereocenters. The van der Waals surface area contributed by atoms with Crippen molar-refractivity contribution in [3.8, 4) is 46.5 Å². The van der Waals surface area contributed by atoms with E-state index < -0.39 is 0 Å². The van der Waals surface area contributed by atoms with Gasteiger partial charge in [-0.3, -0.25) is 4.90 Å². The smallest absolute Gasteiger partial charge is 0.0715 e. The molecular weight excluding hydrogens is 859 g/mol. The normalized spacial score (nSPS) is 14.0. The Morgan fingerprint density at radius 2 is 1.25 bits per heavy atom. The zero-order valence-electron chi connectivity index (χ0n) is 42.5. The molecule has 0 N–H and O–H groups in total. The summed E-state index contributed by atoms with van der Waals surface area (Å²) in [6.45, 7) is 31.5. The van der Waals surface area contributed by atoms with E-state index in [1.54, 1.807) is 0 Å². The Kier molecular flexibility index (Phi) is 23.6. The van der Waals surface area contributed by atoms with E-state index in [-0.39, 0.29) is 0 Å². The molecule has 0 saturated carbocycles. The molecule has 1 aliphatic rings. The molecule has 8 rings (SSSR count). The van der Waals surface area contributed by atoms with Crippen molar-refractivity contribution in [3.63, 3.8) is 0 Å². The molecule has 3 nitrogen and oxygen atoms in total. The van der Waals surface area contributed by atoms with Crippen LogP contribution in [0.3, 0.4) is 0 Å². The van der Waals surface area contributed by atoms with Crippen LogP contribution in [0, 0.1) is 19.8 Å². The van der Waals surface area contributed by atoms with E-state index in [2.05, 4.69) is 270 Å². The van der Waals surface area contributed by atoms with E-state index in [4.69, 9.17) is 4.98 Å². The minimum absolute atomic E-state index is 0.855. The fraction of sp³-hybridized carbons (Fsp3) is 0.132. The molecule has 71 heavy (non-hydrogen) atoms. The molecule has 0 spiro atoms. The van der Waals surface area contributed by atoms with Crippen LogP contribution in [-0.4, -0.2) is 34.1 Å². The molecule has 0 saturated heterocycles. The van der Waals surface area contributed by atoms with Crippen molar-refractivity contribution in [2.24, 2.45) is 0 Å². The van der Waals surface area contributed by atoms with Crippen LogP contribution in [0.25, 0.3) is 72.8 Å². The van der Waals surface area contributed by atoms with E-state index in [0.29, 0.717) is 0 Å². The number of benzene rings is 5. The van der Waals surface area contributed by atoms with Gasteiger partial charge in [0.1, 0.15) is 0 Å². The average molecular weight is 930 g/mol. The topological polar surface area (TPSA) is 21.1 Å². The van der Waals surface area contributed by atoms with Gasteiger partial charge in [-0.15, -0.1) is 39.2 Å². The van der Waals surface area contributed by atoms with Crippen LogP contribution in [0.2, 0.25) is 0 Å². The highest BCUT2D eigenvalue weighted by atomic mass is 15.1. The molecule has 2 aromatic heterocycles. The quantitative estimate of drug-likeness (QED) is 0.0732. The van der Waals surface area contributed by atoms with Crippen molar-refractivity contribution in [1.29, 1.82) is 0 Å². The summed E-state index contributed by atoms with van der Waals surface area (Å²) >= 11 is 0. The fourth-order valence-electron chi connectivity index (χ4n) is 8.28. The number of rotatable bonds is 11. The summed E-state index contributed by atoms with van der Waals surface area (Å²) in [5.74, 6) is 0. The average Bonchev–Trinajstić information content (AvgIpc) is 3.76. The third-order valence-electron chi connectivity index (χ3n) is 11.8. The lowest BCUT2D eigenvalue weighted by atomic mass is 9.96. The highest BCUT2D eigenvalue weighted by molar-refractivity contribution is 6.11. The summed E-state index contributed by atoms with van der Waals surface area (Å²) in [4.78, 5) is 7.78. The first-order chi connectivity index (χ1) is 34.9. The Balaban J connectivity index is 0.00000102. The highest BCUT2D eigenvalue weighted by Gasteiger charge is 2.13. The number of fused-ring (bicyclic) bond motifs is 3. The van der Waals surface area contributed by atoms with Gasteiger partial charge in [-0.1, -0.05) is 183 Å². The summed E-state index contributed by atoms with van der Waals surface area (Å²) in [5, 5.41) is 2.56. The van der Waals surface area contributed by atoms with Gasteiger partial charge in [0.25, 0.3) is 0 Å². The second-order valence-corrected chi connectivity index (χ2v) is 16.3. The third-order valence-corrected chi connectivity index (χ3v) is 11.8. The Morgan fingerprint density at radius 3 is 1.90 bits per heavy atom. The lowest BCUT2D eigenvalue weighted by molar-refractivity contribution is 0.360. The van der Waals surface area contributed by atoms with Crippen LogP contribution in [-0.2, 0) is 0 Å². The Hall–Kier alpha value is -8.29. The van der Waals surface area contributed by atoms with Crippen LogP contribution < -0.4 is 0 Å². The zero-order chi connectivity index (χ0) is 51.4. The zero-order valence-corrected chi connectivity index (χ0v) is 42.5. The number of nitrogens with zero attached hydrogens (tertiary/aromatic N) is 3. The summed E-state index contributed by atoms with van der Waals surface area (Å²) in [5.41, 5.74) is 15.6. The number of aryl methyl sites for hydroxylation is 1. The molecule has 0 aliphatic carbocycles. The molecule has 3 heteroatoms. The standard InChI is InChI=1S/C58H53N3.C4H8.2C2H4.C2H2/c1-5-45(30-20-36-60-35-16-9-7-8-11-22-43(3)42-60)48-26-18-28-50(38-48)54-40-52(47-24-12-10-13-25-47)41-55(59-54)51-29-19-27-49(39-51)46(6-2)31-21-37-61-56-33-15-14-32-53(56)58-44(4)23-17-34-57(58)61;1-3-4-2;3*1-2/h5-10,12-21,23-34,37-41H,2-3,11,22,35-36,42H2,1,4H3;3-4H,1-2H3;2*1-2H2;1-2H/b8-7-,16-9-,30-20-,37-21+,45-5+,46-31+;4-3-;;;. The monoisotopic (exact) mass is 930 g/mol. The minimum Gasteiger partial charge on any atom is -0.316 e. The largest absolute Gasteiger partial charge is 0.316 e. The second-order valence-electron chi connectivity index (χ2n) is 16.3. The molecule has 358 valence electrons. The van der Waals surface area contributed by atoms with Gasteiger partial charge in [-0.25, -0.2) is 4.98 Å². The van der Waals surface area contributed by atoms with Gasteiger partial charge in [-0.05, 0) is 122 Å².